The molecule has 6 heteroatoms. The number of rotatable bonds is 5. The minimum absolute atomic E-state index is 0.421. The maximum Gasteiger partial charge on any atom is 0.195 e. The first-order chi connectivity index (χ1) is 11.1. The van der Waals surface area contributed by atoms with Gasteiger partial charge in [-0.25, -0.2) is 4.98 Å². The number of hydrogen-bond donors (Lipinski definition) is 1. The highest BCUT2D eigenvalue weighted by Gasteiger charge is 2.05. The van der Waals surface area contributed by atoms with Gasteiger partial charge in [0.05, 0.1) is 10.2 Å². The van der Waals surface area contributed by atoms with E-state index in [1.165, 1.54) is 11.3 Å². The van der Waals surface area contributed by atoms with Crippen molar-refractivity contribution >= 4 is 21.6 Å². The Morgan fingerprint density at radius 1 is 1.22 bits per heavy atom. The first-order valence-electron chi connectivity index (χ1n) is 7.01. The third-order valence-corrected chi connectivity index (χ3v) is 4.01. The molecular formula is C17H14N2O3S. The molecule has 1 heterocycles. The topological polar surface area (TPSA) is 75.4 Å². The summed E-state index contributed by atoms with van der Waals surface area (Å²) in [6, 6.07) is 15.0. The van der Waals surface area contributed by atoms with E-state index in [1.54, 1.807) is 19.1 Å². The Bertz CT molecular complexity index is 850. The van der Waals surface area contributed by atoms with Gasteiger partial charge in [-0.2, -0.15) is 5.26 Å². The van der Waals surface area contributed by atoms with E-state index in [9.17, 15) is 0 Å². The zero-order valence-corrected chi connectivity index (χ0v) is 13.2. The maximum absolute atomic E-state index is 9.16. The predicted octanol–water partition coefficient (Wildman–Crippen LogP) is 3.46. The van der Waals surface area contributed by atoms with Gasteiger partial charge in [0.1, 0.15) is 24.2 Å². The van der Waals surface area contributed by atoms with Crippen molar-refractivity contribution in [2.24, 2.45) is 0 Å². The Labute approximate surface area is 137 Å². The molecule has 1 unspecified atom stereocenters. The van der Waals surface area contributed by atoms with Crippen LogP contribution in [0.4, 0.5) is 0 Å². The number of hydrogen-bond acceptors (Lipinski definition) is 6. The van der Waals surface area contributed by atoms with Crippen LogP contribution >= 0.6 is 11.3 Å². The fourth-order valence-electron chi connectivity index (χ4n) is 2.07. The van der Waals surface area contributed by atoms with Crippen LogP contribution in [-0.2, 0) is 6.61 Å². The lowest BCUT2D eigenvalue weighted by Crippen LogP contribution is -2.09. The lowest BCUT2D eigenvalue weighted by molar-refractivity contribution is -0.000311. The molecule has 0 saturated carbocycles. The second kappa shape index (κ2) is 6.65. The third-order valence-electron chi connectivity index (χ3n) is 3.09. The van der Waals surface area contributed by atoms with Gasteiger partial charge < -0.3 is 14.6 Å². The number of fused-ring (bicyclic) bond motifs is 1. The lowest BCUT2D eigenvalue weighted by Gasteiger charge is -2.10. The second-order valence-electron chi connectivity index (χ2n) is 4.91. The fraction of sp³-hybridized carbons (Fsp3) is 0.176. The molecule has 0 spiro atoms. The van der Waals surface area contributed by atoms with Crippen LogP contribution in [0, 0.1) is 11.3 Å². The normalized spacial score (nSPS) is 11.9. The number of nitrogens with zero attached hydrogens (tertiary/aromatic N) is 2. The Balaban J connectivity index is 1.67. The molecule has 0 fully saturated rings. The SMILES string of the molecule is CC(O)Oc1ccc(COc2ccc3nc(C#N)sc3c2)cc1. The van der Waals surface area contributed by atoms with Crippen molar-refractivity contribution in [2.45, 2.75) is 19.8 Å². The summed E-state index contributed by atoms with van der Waals surface area (Å²) in [5.74, 6) is 1.34. The highest BCUT2D eigenvalue weighted by molar-refractivity contribution is 7.19. The summed E-state index contributed by atoms with van der Waals surface area (Å²) < 4.78 is 11.9. The zero-order chi connectivity index (χ0) is 16.2. The Morgan fingerprint density at radius 3 is 2.65 bits per heavy atom. The van der Waals surface area contributed by atoms with Gasteiger partial charge in [0, 0.05) is 0 Å². The number of thiazole rings is 1. The second-order valence-corrected chi connectivity index (χ2v) is 5.94. The number of benzene rings is 2. The van der Waals surface area contributed by atoms with Crippen LogP contribution in [-0.4, -0.2) is 16.4 Å². The smallest absolute Gasteiger partial charge is 0.195 e. The van der Waals surface area contributed by atoms with Crippen LogP contribution in [0.25, 0.3) is 10.2 Å². The van der Waals surface area contributed by atoms with Gasteiger partial charge >= 0.3 is 0 Å². The van der Waals surface area contributed by atoms with Crippen molar-refractivity contribution in [1.29, 1.82) is 5.26 Å². The molecule has 1 N–H and O–H groups in total. The summed E-state index contributed by atoms with van der Waals surface area (Å²) >= 11 is 1.35. The van der Waals surface area contributed by atoms with Gasteiger partial charge in [0.2, 0.25) is 0 Å². The van der Waals surface area contributed by atoms with E-state index in [2.05, 4.69) is 4.98 Å². The van der Waals surface area contributed by atoms with Gasteiger partial charge in [-0.3, -0.25) is 0 Å². The Kier molecular flexibility index (Phi) is 4.42. The standard InChI is InChI=1S/C17H14N2O3S/c1-11(20)22-13-4-2-12(3-5-13)10-21-14-6-7-15-16(8-14)23-17(9-18)19-15/h2-8,11,20H,10H2,1H3. The Morgan fingerprint density at radius 2 is 1.96 bits per heavy atom. The average Bonchev–Trinajstić information content (AvgIpc) is 2.96. The summed E-state index contributed by atoms with van der Waals surface area (Å²) in [6.07, 6.45) is -0.832. The Hall–Kier alpha value is -2.62. The molecule has 23 heavy (non-hydrogen) atoms. The molecule has 0 aliphatic carbocycles. The quantitative estimate of drug-likeness (QED) is 0.727. The molecule has 5 nitrogen and oxygen atoms in total. The molecule has 116 valence electrons. The van der Waals surface area contributed by atoms with Crippen molar-refractivity contribution in [3.8, 4) is 17.6 Å². The first-order valence-corrected chi connectivity index (χ1v) is 7.83. The lowest BCUT2D eigenvalue weighted by atomic mass is 10.2. The van der Waals surface area contributed by atoms with E-state index in [-0.39, 0.29) is 0 Å². The zero-order valence-electron chi connectivity index (χ0n) is 12.4. The van der Waals surface area contributed by atoms with E-state index in [0.29, 0.717) is 17.4 Å². The molecule has 2 aromatic carbocycles. The van der Waals surface area contributed by atoms with Crippen molar-refractivity contribution in [3.05, 3.63) is 53.0 Å². The number of aliphatic hydroxyl groups excluding tert-OH is 1. The van der Waals surface area contributed by atoms with Crippen LogP contribution in [0.1, 0.15) is 17.5 Å². The molecule has 0 saturated heterocycles. The number of aliphatic hydroxyl groups is 1. The van der Waals surface area contributed by atoms with Crippen molar-refractivity contribution in [1.82, 2.24) is 4.98 Å². The van der Waals surface area contributed by atoms with Crippen molar-refractivity contribution in [2.75, 3.05) is 0 Å². The number of ether oxygens (including phenoxy) is 2. The number of aromatic nitrogens is 1. The first kappa shape index (κ1) is 15.3. The van der Waals surface area contributed by atoms with Gasteiger partial charge in [0.25, 0.3) is 0 Å². The summed E-state index contributed by atoms with van der Waals surface area (Å²) in [6.45, 7) is 1.98. The van der Waals surface area contributed by atoms with Crippen LogP contribution < -0.4 is 9.47 Å². The van der Waals surface area contributed by atoms with Crippen LogP contribution in [0.3, 0.4) is 0 Å². The highest BCUT2D eigenvalue weighted by Crippen LogP contribution is 2.26. The van der Waals surface area contributed by atoms with E-state index >= 15 is 0 Å². The van der Waals surface area contributed by atoms with Crippen LogP contribution in [0.2, 0.25) is 0 Å². The minimum atomic E-state index is -0.832. The predicted molar refractivity (Wildman–Crippen MR) is 87.4 cm³/mol. The number of nitriles is 1. The van der Waals surface area contributed by atoms with Gasteiger partial charge in [-0.15, -0.1) is 11.3 Å². The van der Waals surface area contributed by atoms with E-state index < -0.39 is 6.29 Å². The fourth-order valence-corrected chi connectivity index (χ4v) is 2.86. The summed E-state index contributed by atoms with van der Waals surface area (Å²) in [5, 5.41) is 18.5. The van der Waals surface area contributed by atoms with Gasteiger partial charge in [-0.1, -0.05) is 12.1 Å². The molecule has 0 aliphatic rings. The molecule has 0 aliphatic heterocycles. The van der Waals surface area contributed by atoms with E-state index in [4.69, 9.17) is 19.8 Å². The summed E-state index contributed by atoms with van der Waals surface area (Å²) in [4.78, 5) is 4.19. The molecule has 1 aromatic heterocycles. The van der Waals surface area contributed by atoms with Crippen molar-refractivity contribution < 1.29 is 14.6 Å². The van der Waals surface area contributed by atoms with Crippen LogP contribution in [0.15, 0.2) is 42.5 Å². The molecule has 0 amide bonds. The average molecular weight is 326 g/mol. The summed E-state index contributed by atoms with van der Waals surface area (Å²) in [7, 11) is 0. The van der Waals surface area contributed by atoms with Crippen molar-refractivity contribution in [3.63, 3.8) is 0 Å². The maximum atomic E-state index is 9.16. The van der Waals surface area contributed by atoms with E-state index in [0.717, 1.165) is 21.5 Å². The van der Waals surface area contributed by atoms with Gasteiger partial charge in [0.15, 0.2) is 11.3 Å². The van der Waals surface area contributed by atoms with Gasteiger partial charge in [-0.05, 0) is 42.8 Å². The molecule has 0 radical (unpaired) electrons. The molecular weight excluding hydrogens is 312 g/mol. The summed E-state index contributed by atoms with van der Waals surface area (Å²) in [5.41, 5.74) is 1.79. The minimum Gasteiger partial charge on any atom is -0.489 e. The van der Waals surface area contributed by atoms with Crippen LogP contribution in [0.5, 0.6) is 11.5 Å². The van der Waals surface area contributed by atoms with E-state index in [1.807, 2.05) is 36.4 Å². The molecule has 3 rings (SSSR count). The third kappa shape index (κ3) is 3.77. The molecule has 1 atom stereocenters. The highest BCUT2D eigenvalue weighted by atomic mass is 32.1. The monoisotopic (exact) mass is 326 g/mol. The molecule has 0 bridgehead atoms. The molecule has 3 aromatic rings. The largest absolute Gasteiger partial charge is 0.489 e.